The monoisotopic (exact) mass is 452 g/mol. The third kappa shape index (κ3) is 4.68. The molecule has 33 heavy (non-hydrogen) atoms. The standard InChI is InChI=1S/C27H17ClN2O3/c28-23-6-2-1-5-22(23)27(31)32-21-15-9-18(10-16-21)17-29-20-13-11-19(12-14-20)26-30-24-7-3-4-8-25(24)33-26/h1-17H. The van der Waals surface area contributed by atoms with E-state index >= 15 is 0 Å². The first-order chi connectivity index (χ1) is 16.2. The Morgan fingerprint density at radius 1 is 0.879 bits per heavy atom. The molecular weight excluding hydrogens is 436 g/mol. The highest BCUT2D eigenvalue weighted by molar-refractivity contribution is 6.33. The zero-order valence-electron chi connectivity index (χ0n) is 17.3. The van der Waals surface area contributed by atoms with Crippen molar-refractivity contribution in [2.45, 2.75) is 0 Å². The van der Waals surface area contributed by atoms with Crippen LogP contribution in [0.3, 0.4) is 0 Å². The zero-order valence-corrected chi connectivity index (χ0v) is 18.1. The second kappa shape index (κ2) is 9.10. The van der Waals surface area contributed by atoms with Crippen molar-refractivity contribution in [1.82, 2.24) is 4.98 Å². The molecule has 0 spiro atoms. The fourth-order valence-electron chi connectivity index (χ4n) is 3.25. The first-order valence-electron chi connectivity index (χ1n) is 10.2. The molecule has 160 valence electrons. The van der Waals surface area contributed by atoms with E-state index in [1.54, 1.807) is 42.6 Å². The van der Waals surface area contributed by atoms with Crippen LogP contribution in [0.4, 0.5) is 5.69 Å². The van der Waals surface area contributed by atoms with Gasteiger partial charge in [0.15, 0.2) is 5.58 Å². The van der Waals surface area contributed by atoms with Crippen LogP contribution in [0.1, 0.15) is 15.9 Å². The van der Waals surface area contributed by atoms with Crippen LogP contribution in [-0.2, 0) is 0 Å². The summed E-state index contributed by atoms with van der Waals surface area (Å²) in [5, 5.41) is 0.355. The average Bonchev–Trinajstić information content (AvgIpc) is 3.28. The van der Waals surface area contributed by atoms with E-state index in [2.05, 4.69) is 9.98 Å². The maximum absolute atomic E-state index is 12.3. The largest absolute Gasteiger partial charge is 0.436 e. The number of ether oxygens (including phenoxy) is 1. The molecule has 6 heteroatoms. The third-order valence-electron chi connectivity index (χ3n) is 4.96. The number of oxazole rings is 1. The lowest BCUT2D eigenvalue weighted by atomic mass is 10.2. The van der Waals surface area contributed by atoms with Gasteiger partial charge in [-0.25, -0.2) is 9.78 Å². The van der Waals surface area contributed by atoms with Crippen molar-refractivity contribution in [2.24, 2.45) is 4.99 Å². The number of para-hydroxylation sites is 2. The number of nitrogens with zero attached hydrogens (tertiary/aromatic N) is 2. The van der Waals surface area contributed by atoms with Gasteiger partial charge < -0.3 is 9.15 Å². The van der Waals surface area contributed by atoms with E-state index in [0.717, 1.165) is 27.9 Å². The number of carbonyl (C=O) groups is 1. The number of aliphatic imine (C=N–C) groups is 1. The molecule has 0 saturated carbocycles. The van der Waals surface area contributed by atoms with Crippen molar-refractivity contribution in [2.75, 3.05) is 0 Å². The van der Waals surface area contributed by atoms with Crippen LogP contribution in [0.5, 0.6) is 5.75 Å². The number of hydrogen-bond acceptors (Lipinski definition) is 5. The number of aromatic nitrogens is 1. The molecule has 0 unspecified atom stereocenters. The van der Waals surface area contributed by atoms with Gasteiger partial charge in [-0.15, -0.1) is 0 Å². The Morgan fingerprint density at radius 3 is 2.36 bits per heavy atom. The molecule has 0 amide bonds. The summed E-state index contributed by atoms with van der Waals surface area (Å²) in [6, 6.07) is 29.2. The van der Waals surface area contributed by atoms with Gasteiger partial charge in [0.25, 0.3) is 0 Å². The minimum Gasteiger partial charge on any atom is -0.436 e. The van der Waals surface area contributed by atoms with Gasteiger partial charge >= 0.3 is 5.97 Å². The van der Waals surface area contributed by atoms with Gasteiger partial charge in [0.1, 0.15) is 11.3 Å². The van der Waals surface area contributed by atoms with Gasteiger partial charge in [0.2, 0.25) is 5.89 Å². The summed E-state index contributed by atoms with van der Waals surface area (Å²) in [5.74, 6) is 0.509. The van der Waals surface area contributed by atoms with E-state index in [0.29, 0.717) is 22.2 Å². The molecular formula is C27H17ClN2O3. The normalized spacial score (nSPS) is 11.2. The summed E-state index contributed by atoms with van der Waals surface area (Å²) < 4.78 is 11.2. The van der Waals surface area contributed by atoms with Gasteiger partial charge in [-0.2, -0.15) is 0 Å². The SMILES string of the molecule is O=C(Oc1ccc(C=Nc2ccc(-c3nc4ccccc4o3)cc2)cc1)c1ccccc1Cl. The number of halogens is 1. The number of fused-ring (bicyclic) bond motifs is 1. The van der Waals surface area contributed by atoms with Crippen molar-refractivity contribution in [3.8, 4) is 17.2 Å². The summed E-state index contributed by atoms with van der Waals surface area (Å²) in [7, 11) is 0. The second-order valence-corrected chi connectivity index (χ2v) is 7.64. The smallest absolute Gasteiger partial charge is 0.345 e. The summed E-state index contributed by atoms with van der Waals surface area (Å²) >= 11 is 6.05. The number of hydrogen-bond donors (Lipinski definition) is 0. The van der Waals surface area contributed by atoms with Crippen molar-refractivity contribution in [1.29, 1.82) is 0 Å². The highest BCUT2D eigenvalue weighted by Gasteiger charge is 2.12. The predicted molar refractivity (Wildman–Crippen MR) is 130 cm³/mol. The fraction of sp³-hybridized carbons (Fsp3) is 0. The quantitative estimate of drug-likeness (QED) is 0.162. The lowest BCUT2D eigenvalue weighted by molar-refractivity contribution is 0.0735. The Hall–Kier alpha value is -4.22. The molecule has 0 N–H and O–H groups in total. The number of carbonyl (C=O) groups excluding carboxylic acids is 1. The molecule has 1 heterocycles. The summed E-state index contributed by atoms with van der Waals surface area (Å²) in [5.41, 5.74) is 4.46. The topological polar surface area (TPSA) is 64.7 Å². The lowest BCUT2D eigenvalue weighted by Gasteiger charge is -2.05. The van der Waals surface area contributed by atoms with Crippen molar-refractivity contribution in [3.63, 3.8) is 0 Å². The minimum absolute atomic E-state index is 0.325. The van der Waals surface area contributed by atoms with Gasteiger partial charge in [-0.1, -0.05) is 35.9 Å². The first kappa shape index (κ1) is 20.7. The highest BCUT2D eigenvalue weighted by atomic mass is 35.5. The maximum Gasteiger partial charge on any atom is 0.345 e. The van der Waals surface area contributed by atoms with E-state index in [1.165, 1.54) is 0 Å². The zero-order chi connectivity index (χ0) is 22.6. The average molecular weight is 453 g/mol. The lowest BCUT2D eigenvalue weighted by Crippen LogP contribution is -2.08. The second-order valence-electron chi connectivity index (χ2n) is 7.23. The minimum atomic E-state index is -0.499. The number of benzene rings is 4. The van der Waals surface area contributed by atoms with E-state index in [4.69, 9.17) is 20.8 Å². The maximum atomic E-state index is 12.3. The van der Waals surface area contributed by atoms with Crippen LogP contribution in [0.2, 0.25) is 5.02 Å². The van der Waals surface area contributed by atoms with Crippen LogP contribution < -0.4 is 4.74 Å². The summed E-state index contributed by atoms with van der Waals surface area (Å²) in [4.78, 5) is 21.3. The molecule has 0 radical (unpaired) electrons. The Kier molecular flexibility index (Phi) is 5.70. The Morgan fingerprint density at radius 2 is 1.61 bits per heavy atom. The van der Waals surface area contributed by atoms with Crippen LogP contribution >= 0.6 is 11.6 Å². The number of esters is 1. The summed E-state index contributed by atoms with van der Waals surface area (Å²) in [6.45, 7) is 0. The molecule has 0 aliphatic rings. The third-order valence-corrected chi connectivity index (χ3v) is 5.28. The molecule has 4 aromatic carbocycles. The van der Waals surface area contributed by atoms with Crippen LogP contribution in [0.25, 0.3) is 22.6 Å². The fourth-order valence-corrected chi connectivity index (χ4v) is 3.46. The van der Waals surface area contributed by atoms with Gasteiger partial charge in [-0.3, -0.25) is 4.99 Å². The Labute approximate surface area is 195 Å². The number of rotatable bonds is 5. The summed E-state index contributed by atoms with van der Waals surface area (Å²) in [6.07, 6.45) is 1.74. The van der Waals surface area contributed by atoms with E-state index in [1.807, 2.05) is 60.7 Å². The highest BCUT2D eigenvalue weighted by Crippen LogP contribution is 2.26. The molecule has 0 fully saturated rings. The van der Waals surface area contributed by atoms with E-state index in [-0.39, 0.29) is 0 Å². The van der Waals surface area contributed by atoms with E-state index < -0.39 is 5.97 Å². The van der Waals surface area contributed by atoms with Crippen molar-refractivity contribution in [3.05, 3.63) is 113 Å². The van der Waals surface area contributed by atoms with Gasteiger partial charge in [0.05, 0.1) is 16.3 Å². The molecule has 0 saturated heterocycles. The predicted octanol–water partition coefficient (Wildman–Crippen LogP) is 7.12. The molecule has 0 aliphatic heterocycles. The molecule has 0 bridgehead atoms. The Balaban J connectivity index is 1.24. The molecule has 1 aromatic heterocycles. The molecule has 0 atom stereocenters. The molecule has 5 aromatic rings. The van der Waals surface area contributed by atoms with Crippen molar-refractivity contribution >= 4 is 40.6 Å². The van der Waals surface area contributed by atoms with Crippen LogP contribution in [0, 0.1) is 0 Å². The van der Waals surface area contributed by atoms with Crippen molar-refractivity contribution < 1.29 is 13.9 Å². The molecule has 0 aliphatic carbocycles. The Bertz CT molecular complexity index is 1420. The van der Waals surface area contributed by atoms with Crippen LogP contribution in [-0.4, -0.2) is 17.2 Å². The molecule has 5 nitrogen and oxygen atoms in total. The van der Waals surface area contributed by atoms with Gasteiger partial charge in [0, 0.05) is 11.8 Å². The van der Waals surface area contributed by atoms with E-state index in [9.17, 15) is 4.79 Å². The molecule has 5 rings (SSSR count). The van der Waals surface area contributed by atoms with Gasteiger partial charge in [-0.05, 0) is 78.4 Å². The first-order valence-corrected chi connectivity index (χ1v) is 10.6. The van der Waals surface area contributed by atoms with Crippen LogP contribution in [0.15, 0.2) is 106 Å².